The van der Waals surface area contributed by atoms with Crippen molar-refractivity contribution in [3.05, 3.63) is 29.8 Å². The Bertz CT molecular complexity index is 459. The Kier molecular flexibility index (Phi) is 6.52. The van der Waals surface area contributed by atoms with Crippen LogP contribution in [0.1, 0.15) is 31.7 Å². The molecule has 0 aliphatic carbocycles. The molecule has 1 heterocycles. The molecule has 1 aliphatic heterocycles. The van der Waals surface area contributed by atoms with Crippen LogP contribution in [0.2, 0.25) is 0 Å². The molecule has 0 spiro atoms. The number of carbonyl (C=O) groups is 1. The summed E-state index contributed by atoms with van der Waals surface area (Å²) in [4.78, 5) is 14.0. The normalized spacial score (nSPS) is 18.2. The molecule has 5 nitrogen and oxygen atoms in total. The second-order valence-electron chi connectivity index (χ2n) is 5.73. The van der Waals surface area contributed by atoms with E-state index in [0.717, 1.165) is 25.7 Å². The van der Waals surface area contributed by atoms with Gasteiger partial charge >= 0.3 is 6.03 Å². The fourth-order valence-corrected chi connectivity index (χ4v) is 2.66. The van der Waals surface area contributed by atoms with Crippen molar-refractivity contribution in [2.24, 2.45) is 0 Å². The van der Waals surface area contributed by atoms with Gasteiger partial charge in [-0.2, -0.15) is 0 Å². The zero-order chi connectivity index (χ0) is 15.8. The van der Waals surface area contributed by atoms with Crippen molar-refractivity contribution < 1.29 is 14.6 Å². The number of phenolic OH excluding ortho intramolecular Hbond substituents is 1. The molecular formula is C17H26N2O3. The number of ether oxygens (including phenoxy) is 1. The van der Waals surface area contributed by atoms with Gasteiger partial charge in [-0.05, 0) is 37.0 Å². The van der Waals surface area contributed by atoms with Gasteiger partial charge in [-0.25, -0.2) is 4.79 Å². The fraction of sp³-hybridized carbons (Fsp3) is 0.588. The van der Waals surface area contributed by atoms with Crippen LogP contribution in [0.15, 0.2) is 24.3 Å². The van der Waals surface area contributed by atoms with E-state index in [1.807, 2.05) is 17.0 Å². The molecule has 1 fully saturated rings. The molecule has 0 aromatic heterocycles. The second-order valence-corrected chi connectivity index (χ2v) is 5.73. The highest BCUT2D eigenvalue weighted by atomic mass is 16.5. The van der Waals surface area contributed by atoms with Crippen LogP contribution in [0, 0.1) is 0 Å². The molecule has 1 aromatic carbocycles. The quantitative estimate of drug-likeness (QED) is 0.794. The minimum atomic E-state index is 0.00936. The van der Waals surface area contributed by atoms with Crippen LogP contribution in [0.4, 0.5) is 4.79 Å². The lowest BCUT2D eigenvalue weighted by atomic mass is 10.1. The lowest BCUT2D eigenvalue weighted by Gasteiger charge is -2.32. The molecule has 0 radical (unpaired) electrons. The van der Waals surface area contributed by atoms with Gasteiger partial charge in [0, 0.05) is 19.6 Å². The summed E-state index contributed by atoms with van der Waals surface area (Å²) in [6.45, 7) is 4.79. The van der Waals surface area contributed by atoms with E-state index in [0.29, 0.717) is 26.2 Å². The van der Waals surface area contributed by atoms with Crippen LogP contribution in [0.5, 0.6) is 5.75 Å². The highest BCUT2D eigenvalue weighted by Gasteiger charge is 2.23. The van der Waals surface area contributed by atoms with Crippen LogP contribution in [-0.4, -0.2) is 48.4 Å². The van der Waals surface area contributed by atoms with E-state index in [1.54, 1.807) is 12.1 Å². The molecule has 122 valence electrons. The summed E-state index contributed by atoms with van der Waals surface area (Å²) in [6.07, 6.45) is 4.04. The van der Waals surface area contributed by atoms with Crippen molar-refractivity contribution in [2.75, 3.05) is 26.2 Å². The number of hydrogen-bond acceptors (Lipinski definition) is 3. The number of nitrogens with one attached hydrogen (secondary N) is 1. The molecule has 0 unspecified atom stereocenters. The van der Waals surface area contributed by atoms with Crippen molar-refractivity contribution >= 4 is 6.03 Å². The van der Waals surface area contributed by atoms with E-state index in [2.05, 4.69) is 12.2 Å². The summed E-state index contributed by atoms with van der Waals surface area (Å²) in [5.41, 5.74) is 1.17. The summed E-state index contributed by atoms with van der Waals surface area (Å²) in [6, 6.07) is 7.21. The van der Waals surface area contributed by atoms with Crippen molar-refractivity contribution in [3.8, 4) is 5.75 Å². The molecule has 1 aromatic rings. The number of rotatable bonds is 6. The Morgan fingerprint density at radius 2 is 2.18 bits per heavy atom. The number of aromatic hydroxyl groups is 1. The Balaban J connectivity index is 1.65. The predicted molar refractivity (Wildman–Crippen MR) is 86.0 cm³/mol. The lowest BCUT2D eigenvalue weighted by Crippen LogP contribution is -2.49. The van der Waals surface area contributed by atoms with Gasteiger partial charge in [0.1, 0.15) is 5.75 Å². The number of morpholine rings is 1. The summed E-state index contributed by atoms with van der Waals surface area (Å²) in [7, 11) is 0. The number of aryl methyl sites for hydroxylation is 1. The fourth-order valence-electron chi connectivity index (χ4n) is 2.66. The van der Waals surface area contributed by atoms with E-state index in [1.165, 1.54) is 5.56 Å². The first-order valence-electron chi connectivity index (χ1n) is 8.11. The minimum absolute atomic E-state index is 0.00936. The minimum Gasteiger partial charge on any atom is -0.508 e. The Morgan fingerprint density at radius 3 is 2.91 bits per heavy atom. The van der Waals surface area contributed by atoms with Gasteiger partial charge in [-0.15, -0.1) is 0 Å². The van der Waals surface area contributed by atoms with Crippen LogP contribution in [0.3, 0.4) is 0 Å². The molecule has 0 saturated carbocycles. The number of carbonyl (C=O) groups excluding carboxylic acids is 1. The van der Waals surface area contributed by atoms with Gasteiger partial charge < -0.3 is 20.1 Å². The van der Waals surface area contributed by atoms with E-state index in [9.17, 15) is 9.90 Å². The highest BCUT2D eigenvalue weighted by Crippen LogP contribution is 2.12. The van der Waals surface area contributed by atoms with Gasteiger partial charge in [0.2, 0.25) is 0 Å². The molecule has 2 rings (SSSR count). The smallest absolute Gasteiger partial charge is 0.317 e. The van der Waals surface area contributed by atoms with Gasteiger partial charge in [-0.3, -0.25) is 0 Å². The predicted octanol–water partition coefficient (Wildman–Crippen LogP) is 2.54. The maximum atomic E-state index is 12.1. The van der Waals surface area contributed by atoms with Crippen molar-refractivity contribution in [1.29, 1.82) is 0 Å². The first-order chi connectivity index (χ1) is 10.7. The third-order valence-electron chi connectivity index (χ3n) is 3.89. The van der Waals surface area contributed by atoms with Gasteiger partial charge in [0.25, 0.3) is 0 Å². The summed E-state index contributed by atoms with van der Waals surface area (Å²) in [5, 5.41) is 12.2. The SMILES string of the molecule is CCC[C@@H]1CN(C(=O)NCCCc2ccc(O)cc2)CCO1. The second kappa shape index (κ2) is 8.63. The molecule has 2 amide bonds. The first-order valence-corrected chi connectivity index (χ1v) is 8.11. The first kappa shape index (κ1) is 16.6. The maximum absolute atomic E-state index is 12.1. The highest BCUT2D eigenvalue weighted by molar-refractivity contribution is 5.74. The molecule has 5 heteroatoms. The lowest BCUT2D eigenvalue weighted by molar-refractivity contribution is -0.0180. The van der Waals surface area contributed by atoms with Crippen LogP contribution in [-0.2, 0) is 11.2 Å². The number of hydrogen-bond donors (Lipinski definition) is 2. The van der Waals surface area contributed by atoms with Gasteiger partial charge in [0.05, 0.1) is 12.7 Å². The molecule has 2 N–H and O–H groups in total. The average Bonchev–Trinajstić information content (AvgIpc) is 2.53. The standard InChI is InChI=1S/C17H26N2O3/c1-2-4-16-13-19(11-12-22-16)17(21)18-10-3-5-14-6-8-15(20)9-7-14/h6-9,16,20H,2-5,10-13H2,1H3,(H,18,21)/t16-/m1/s1. The monoisotopic (exact) mass is 306 g/mol. The number of urea groups is 1. The molecule has 22 heavy (non-hydrogen) atoms. The molecule has 1 aliphatic rings. The average molecular weight is 306 g/mol. The van der Waals surface area contributed by atoms with Crippen LogP contribution < -0.4 is 5.32 Å². The largest absolute Gasteiger partial charge is 0.508 e. The molecule has 1 atom stereocenters. The zero-order valence-electron chi connectivity index (χ0n) is 13.3. The number of nitrogens with zero attached hydrogens (tertiary/aromatic N) is 1. The van der Waals surface area contributed by atoms with Crippen molar-refractivity contribution in [2.45, 2.75) is 38.7 Å². The summed E-state index contributed by atoms with van der Waals surface area (Å²) < 4.78 is 5.65. The third kappa shape index (κ3) is 5.22. The van der Waals surface area contributed by atoms with Crippen molar-refractivity contribution in [1.82, 2.24) is 10.2 Å². The molecule has 0 bridgehead atoms. The Labute approximate surface area is 132 Å². The van der Waals surface area contributed by atoms with E-state index in [-0.39, 0.29) is 17.9 Å². The topological polar surface area (TPSA) is 61.8 Å². The third-order valence-corrected chi connectivity index (χ3v) is 3.89. The summed E-state index contributed by atoms with van der Waals surface area (Å²) in [5.74, 6) is 0.283. The Hall–Kier alpha value is -1.75. The maximum Gasteiger partial charge on any atom is 0.317 e. The Morgan fingerprint density at radius 1 is 1.41 bits per heavy atom. The summed E-state index contributed by atoms with van der Waals surface area (Å²) >= 11 is 0. The number of benzene rings is 1. The van der Waals surface area contributed by atoms with Gasteiger partial charge in [-0.1, -0.05) is 25.5 Å². The number of amides is 2. The molecule has 1 saturated heterocycles. The van der Waals surface area contributed by atoms with Crippen LogP contribution >= 0.6 is 0 Å². The van der Waals surface area contributed by atoms with Crippen LogP contribution in [0.25, 0.3) is 0 Å². The van der Waals surface area contributed by atoms with E-state index in [4.69, 9.17) is 4.74 Å². The van der Waals surface area contributed by atoms with Gasteiger partial charge in [0.15, 0.2) is 0 Å². The van der Waals surface area contributed by atoms with Crippen molar-refractivity contribution in [3.63, 3.8) is 0 Å². The van der Waals surface area contributed by atoms with E-state index >= 15 is 0 Å². The molecular weight excluding hydrogens is 280 g/mol. The van der Waals surface area contributed by atoms with E-state index < -0.39 is 0 Å². The zero-order valence-corrected chi connectivity index (χ0v) is 13.3. The number of phenols is 1.